The van der Waals surface area contributed by atoms with Crippen LogP contribution >= 0.6 is 11.6 Å². The Hall–Kier alpha value is -2.19. The lowest BCUT2D eigenvalue weighted by atomic mass is 9.88. The van der Waals surface area contributed by atoms with Crippen molar-refractivity contribution in [2.75, 3.05) is 31.1 Å². The molecule has 8 heteroatoms. The molecule has 35 heavy (non-hydrogen) atoms. The minimum absolute atomic E-state index is 0.0645. The number of rotatable bonds is 6. The SMILES string of the molecule is CCC(NC(=O)[C@@H]1CNC[C@H](N2CC(O)N(c3ccccc3Cl)CC2(C)C)C1)c1ccccc1F. The van der Waals surface area contributed by atoms with Crippen molar-refractivity contribution in [1.29, 1.82) is 0 Å². The Morgan fingerprint density at radius 1 is 1.23 bits per heavy atom. The predicted molar refractivity (Wildman–Crippen MR) is 138 cm³/mol. The zero-order valence-corrected chi connectivity index (χ0v) is 21.4. The van der Waals surface area contributed by atoms with Gasteiger partial charge in [0.25, 0.3) is 0 Å². The smallest absolute Gasteiger partial charge is 0.224 e. The number of carbonyl (C=O) groups excluding carboxylic acids is 1. The van der Waals surface area contributed by atoms with Gasteiger partial charge in [0.2, 0.25) is 5.91 Å². The third-order valence-corrected chi connectivity index (χ3v) is 7.68. The third kappa shape index (κ3) is 5.64. The molecule has 2 aliphatic rings. The first-order chi connectivity index (χ1) is 16.7. The lowest BCUT2D eigenvalue weighted by molar-refractivity contribution is -0.127. The Morgan fingerprint density at radius 3 is 2.66 bits per heavy atom. The van der Waals surface area contributed by atoms with Crippen molar-refractivity contribution < 1.29 is 14.3 Å². The van der Waals surface area contributed by atoms with Crippen LogP contribution in [0.5, 0.6) is 0 Å². The summed E-state index contributed by atoms with van der Waals surface area (Å²) in [5, 5.41) is 18.2. The van der Waals surface area contributed by atoms with E-state index in [9.17, 15) is 14.3 Å². The molecule has 190 valence electrons. The Balaban J connectivity index is 1.44. The molecule has 3 N–H and O–H groups in total. The van der Waals surface area contributed by atoms with Gasteiger partial charge in [-0.05, 0) is 44.9 Å². The second-order valence-corrected chi connectivity index (χ2v) is 10.7. The molecule has 2 aliphatic heterocycles. The number of anilines is 1. The first-order valence-corrected chi connectivity index (χ1v) is 12.8. The van der Waals surface area contributed by atoms with Crippen LogP contribution < -0.4 is 15.5 Å². The average Bonchev–Trinajstić information content (AvgIpc) is 2.84. The number of hydrogen-bond acceptors (Lipinski definition) is 5. The molecule has 2 fully saturated rings. The van der Waals surface area contributed by atoms with Gasteiger partial charge in [0, 0.05) is 43.3 Å². The maximum absolute atomic E-state index is 14.3. The van der Waals surface area contributed by atoms with Crippen LogP contribution in [0.15, 0.2) is 48.5 Å². The monoisotopic (exact) mass is 502 g/mol. The van der Waals surface area contributed by atoms with E-state index in [0.29, 0.717) is 43.1 Å². The number of benzene rings is 2. The number of β-amino-alcohol motifs (C(OH)–C–C–N with tert-alkyl or cyclic N) is 1. The molecule has 2 aromatic rings. The van der Waals surface area contributed by atoms with Crippen LogP contribution in [-0.2, 0) is 4.79 Å². The molecule has 0 saturated carbocycles. The summed E-state index contributed by atoms with van der Waals surface area (Å²) in [5.41, 5.74) is 1.10. The van der Waals surface area contributed by atoms with Crippen LogP contribution in [0.3, 0.4) is 0 Å². The molecule has 0 aromatic heterocycles. The van der Waals surface area contributed by atoms with E-state index in [0.717, 1.165) is 12.2 Å². The van der Waals surface area contributed by atoms with Gasteiger partial charge < -0.3 is 20.6 Å². The van der Waals surface area contributed by atoms with Gasteiger partial charge in [-0.1, -0.05) is 48.9 Å². The number of carbonyl (C=O) groups is 1. The third-order valence-electron chi connectivity index (χ3n) is 7.36. The highest BCUT2D eigenvalue weighted by Gasteiger charge is 2.44. The minimum Gasteiger partial charge on any atom is -0.372 e. The summed E-state index contributed by atoms with van der Waals surface area (Å²) in [5.74, 6) is -0.596. The molecule has 2 saturated heterocycles. The topological polar surface area (TPSA) is 67.8 Å². The van der Waals surface area contributed by atoms with E-state index in [2.05, 4.69) is 29.4 Å². The standard InChI is InChI=1S/C27H36ClFN4O2/c1-4-23(20-9-5-7-11-22(20)29)31-26(35)18-13-19(15-30-14-18)33-16-25(34)32(17-27(33,2)3)24-12-8-6-10-21(24)28/h5-12,18-19,23,25,30,34H,4,13-17H2,1-3H3,(H,31,35)/t18-,19+,23?,25?/m0/s1. The van der Waals surface area contributed by atoms with Gasteiger partial charge in [0.1, 0.15) is 12.0 Å². The van der Waals surface area contributed by atoms with E-state index >= 15 is 0 Å². The molecular weight excluding hydrogens is 467 g/mol. The second-order valence-electron chi connectivity index (χ2n) is 10.3. The molecule has 2 heterocycles. The first kappa shape index (κ1) is 25.9. The number of halogens is 2. The van der Waals surface area contributed by atoms with Crippen LogP contribution in [0, 0.1) is 11.7 Å². The summed E-state index contributed by atoms with van der Waals surface area (Å²) in [6.45, 7) is 8.66. The maximum Gasteiger partial charge on any atom is 0.224 e. The van der Waals surface area contributed by atoms with Gasteiger partial charge in [-0.15, -0.1) is 0 Å². The highest BCUT2D eigenvalue weighted by Crippen LogP contribution is 2.35. The van der Waals surface area contributed by atoms with E-state index < -0.39 is 6.23 Å². The first-order valence-electron chi connectivity index (χ1n) is 12.4. The Labute approximate surface area is 212 Å². The molecule has 1 amide bonds. The van der Waals surface area contributed by atoms with Gasteiger partial charge in [0.15, 0.2) is 0 Å². The largest absolute Gasteiger partial charge is 0.372 e. The average molecular weight is 503 g/mol. The highest BCUT2D eigenvalue weighted by molar-refractivity contribution is 6.33. The number of nitrogens with zero attached hydrogens (tertiary/aromatic N) is 2. The fourth-order valence-corrected chi connectivity index (χ4v) is 5.76. The van der Waals surface area contributed by atoms with Crippen molar-refractivity contribution in [3.63, 3.8) is 0 Å². The summed E-state index contributed by atoms with van der Waals surface area (Å²) in [6.07, 6.45) is 0.580. The Kier molecular flexibility index (Phi) is 8.01. The van der Waals surface area contributed by atoms with Crippen molar-refractivity contribution in [2.45, 2.75) is 57.5 Å². The summed E-state index contributed by atoms with van der Waals surface area (Å²) >= 11 is 6.42. The number of nitrogens with one attached hydrogen (secondary N) is 2. The number of hydrogen-bond donors (Lipinski definition) is 3. The lowest BCUT2D eigenvalue weighted by Gasteiger charge is -2.54. The predicted octanol–water partition coefficient (Wildman–Crippen LogP) is 3.94. The number of piperidine rings is 1. The number of aliphatic hydroxyl groups excluding tert-OH is 1. The molecule has 0 bridgehead atoms. The van der Waals surface area contributed by atoms with Crippen molar-refractivity contribution >= 4 is 23.2 Å². The number of amides is 1. The zero-order chi connectivity index (χ0) is 25.2. The van der Waals surface area contributed by atoms with Gasteiger partial charge >= 0.3 is 0 Å². The number of aliphatic hydroxyl groups is 1. The van der Waals surface area contributed by atoms with Gasteiger partial charge in [-0.2, -0.15) is 0 Å². The lowest BCUT2D eigenvalue weighted by Crippen LogP contribution is -2.68. The van der Waals surface area contributed by atoms with E-state index in [1.165, 1.54) is 6.07 Å². The Bertz CT molecular complexity index is 1040. The molecule has 0 spiro atoms. The second kappa shape index (κ2) is 10.8. The maximum atomic E-state index is 14.3. The fraction of sp³-hybridized carbons (Fsp3) is 0.519. The van der Waals surface area contributed by atoms with Crippen LogP contribution in [-0.4, -0.2) is 59.9 Å². The molecule has 2 unspecified atom stereocenters. The van der Waals surface area contributed by atoms with Crippen LogP contribution in [0.4, 0.5) is 10.1 Å². The van der Waals surface area contributed by atoms with Crippen molar-refractivity contribution in [3.8, 4) is 0 Å². The minimum atomic E-state index is -0.706. The summed E-state index contributed by atoms with van der Waals surface area (Å²) in [4.78, 5) is 17.5. The van der Waals surface area contributed by atoms with Crippen molar-refractivity contribution in [2.24, 2.45) is 5.92 Å². The molecule has 2 aromatic carbocycles. The van der Waals surface area contributed by atoms with Crippen molar-refractivity contribution in [1.82, 2.24) is 15.5 Å². The normalized spacial score (nSPS) is 25.8. The molecule has 0 radical (unpaired) electrons. The summed E-state index contributed by atoms with van der Waals surface area (Å²) in [6, 6.07) is 13.9. The fourth-order valence-electron chi connectivity index (χ4n) is 5.51. The quantitative estimate of drug-likeness (QED) is 0.558. The number of para-hydroxylation sites is 1. The molecule has 4 atom stereocenters. The van der Waals surface area contributed by atoms with Gasteiger partial charge in [0.05, 0.1) is 22.7 Å². The van der Waals surface area contributed by atoms with Gasteiger partial charge in [-0.25, -0.2) is 4.39 Å². The molecule has 4 rings (SSSR count). The van der Waals surface area contributed by atoms with E-state index in [-0.39, 0.29) is 35.3 Å². The van der Waals surface area contributed by atoms with E-state index in [4.69, 9.17) is 11.6 Å². The molecule has 6 nitrogen and oxygen atoms in total. The van der Waals surface area contributed by atoms with E-state index in [1.54, 1.807) is 18.2 Å². The highest BCUT2D eigenvalue weighted by atomic mass is 35.5. The van der Waals surface area contributed by atoms with Crippen molar-refractivity contribution in [3.05, 3.63) is 64.9 Å². The van der Waals surface area contributed by atoms with Crippen LogP contribution in [0.25, 0.3) is 0 Å². The number of piperazine rings is 1. The van der Waals surface area contributed by atoms with Crippen LogP contribution in [0.2, 0.25) is 5.02 Å². The molecular formula is C27H36ClFN4O2. The van der Waals surface area contributed by atoms with E-state index in [1.807, 2.05) is 36.1 Å². The Morgan fingerprint density at radius 2 is 1.94 bits per heavy atom. The zero-order valence-electron chi connectivity index (χ0n) is 20.7. The summed E-state index contributed by atoms with van der Waals surface area (Å²) in [7, 11) is 0. The van der Waals surface area contributed by atoms with Crippen LogP contribution in [0.1, 0.15) is 45.2 Å². The van der Waals surface area contributed by atoms with Gasteiger partial charge in [-0.3, -0.25) is 9.69 Å². The summed E-state index contributed by atoms with van der Waals surface area (Å²) < 4.78 is 14.3. The molecule has 0 aliphatic carbocycles.